The van der Waals surface area contributed by atoms with Crippen LogP contribution in [-0.4, -0.2) is 17.6 Å². The molecule has 0 saturated heterocycles. The van der Waals surface area contributed by atoms with Gasteiger partial charge in [0.15, 0.2) is 0 Å². The van der Waals surface area contributed by atoms with Gasteiger partial charge in [-0.3, -0.25) is 4.79 Å². The predicted octanol–water partition coefficient (Wildman–Crippen LogP) is 3.82. The number of hydrogen-bond acceptors (Lipinski definition) is 2. The molecule has 17 heavy (non-hydrogen) atoms. The van der Waals surface area contributed by atoms with Crippen molar-refractivity contribution in [3.05, 3.63) is 27.7 Å². The number of hydrogen-bond donors (Lipinski definition) is 2. The number of rotatable bonds is 4. The average molecular weight is 276 g/mol. The van der Waals surface area contributed by atoms with E-state index < -0.39 is 11.4 Å². The van der Waals surface area contributed by atoms with Crippen molar-refractivity contribution in [3.8, 4) is 0 Å². The fraction of sp³-hybridized carbons (Fsp3) is 0.417. The van der Waals surface area contributed by atoms with Crippen LogP contribution in [0.5, 0.6) is 0 Å². The van der Waals surface area contributed by atoms with Gasteiger partial charge in [-0.15, -0.1) is 0 Å². The molecular formula is C12H15Cl2NO2. The molecule has 0 fully saturated rings. The second-order valence-corrected chi connectivity index (χ2v) is 5.44. The van der Waals surface area contributed by atoms with Crippen LogP contribution in [0.2, 0.25) is 10.0 Å². The van der Waals surface area contributed by atoms with Gasteiger partial charge in [-0.05, 0) is 38.5 Å². The molecule has 0 heterocycles. The molecule has 0 unspecified atom stereocenters. The summed E-state index contributed by atoms with van der Waals surface area (Å²) in [4.78, 5) is 10.9. The largest absolute Gasteiger partial charge is 0.481 e. The molecule has 1 aromatic rings. The van der Waals surface area contributed by atoms with Crippen LogP contribution >= 0.6 is 23.2 Å². The molecule has 3 nitrogen and oxygen atoms in total. The van der Waals surface area contributed by atoms with Gasteiger partial charge in [0, 0.05) is 11.6 Å². The molecule has 0 atom stereocenters. The van der Waals surface area contributed by atoms with Gasteiger partial charge in [0.1, 0.15) is 0 Å². The van der Waals surface area contributed by atoms with Gasteiger partial charge in [-0.1, -0.05) is 23.2 Å². The highest BCUT2D eigenvalue weighted by Gasteiger charge is 2.26. The molecule has 0 aliphatic heterocycles. The number of nitrogens with one attached hydrogen (secondary N) is 1. The summed E-state index contributed by atoms with van der Waals surface area (Å²) in [6.45, 7) is 5.43. The number of benzene rings is 1. The first kappa shape index (κ1) is 14.1. The van der Waals surface area contributed by atoms with Gasteiger partial charge in [-0.25, -0.2) is 0 Å². The van der Waals surface area contributed by atoms with E-state index in [9.17, 15) is 4.79 Å². The van der Waals surface area contributed by atoms with E-state index in [1.165, 1.54) is 0 Å². The Morgan fingerprint density at radius 2 is 1.94 bits per heavy atom. The number of aliphatic carboxylic acids is 1. The van der Waals surface area contributed by atoms with Crippen LogP contribution in [0.4, 0.5) is 5.69 Å². The minimum Gasteiger partial charge on any atom is -0.481 e. The molecule has 0 aromatic heterocycles. The molecule has 0 spiro atoms. The fourth-order valence-electron chi connectivity index (χ4n) is 1.17. The number of aryl methyl sites for hydroxylation is 1. The van der Waals surface area contributed by atoms with Gasteiger partial charge < -0.3 is 10.4 Å². The van der Waals surface area contributed by atoms with E-state index in [1.807, 2.05) is 6.92 Å². The lowest BCUT2D eigenvalue weighted by Crippen LogP contribution is -2.31. The van der Waals surface area contributed by atoms with E-state index in [0.717, 1.165) is 5.56 Å². The van der Waals surface area contributed by atoms with Crippen molar-refractivity contribution in [2.24, 2.45) is 5.41 Å². The highest BCUT2D eigenvalue weighted by atomic mass is 35.5. The van der Waals surface area contributed by atoms with Crippen LogP contribution in [0.3, 0.4) is 0 Å². The van der Waals surface area contributed by atoms with Gasteiger partial charge in [0.25, 0.3) is 0 Å². The second kappa shape index (κ2) is 5.15. The molecule has 5 heteroatoms. The van der Waals surface area contributed by atoms with Crippen molar-refractivity contribution in [1.82, 2.24) is 0 Å². The lowest BCUT2D eigenvalue weighted by molar-refractivity contribution is -0.146. The van der Waals surface area contributed by atoms with Crippen molar-refractivity contribution < 1.29 is 9.90 Å². The van der Waals surface area contributed by atoms with Gasteiger partial charge in [0.2, 0.25) is 0 Å². The summed E-state index contributed by atoms with van der Waals surface area (Å²) in [5.41, 5.74) is 0.678. The average Bonchev–Trinajstić information content (AvgIpc) is 2.21. The van der Waals surface area contributed by atoms with Gasteiger partial charge >= 0.3 is 5.97 Å². The topological polar surface area (TPSA) is 49.3 Å². The Kier molecular flexibility index (Phi) is 4.28. The van der Waals surface area contributed by atoms with E-state index in [0.29, 0.717) is 15.7 Å². The first-order valence-corrected chi connectivity index (χ1v) is 5.92. The molecule has 2 N–H and O–H groups in total. The molecule has 0 aliphatic carbocycles. The van der Waals surface area contributed by atoms with Crippen LogP contribution < -0.4 is 5.32 Å². The lowest BCUT2D eigenvalue weighted by Gasteiger charge is -2.21. The van der Waals surface area contributed by atoms with E-state index in [-0.39, 0.29) is 6.54 Å². The first-order valence-electron chi connectivity index (χ1n) is 5.17. The maximum atomic E-state index is 10.9. The summed E-state index contributed by atoms with van der Waals surface area (Å²) >= 11 is 12.0. The SMILES string of the molecule is Cc1cc(Cl)c(NCC(C)(C)C(=O)O)cc1Cl. The molecule has 1 rings (SSSR count). The second-order valence-electron chi connectivity index (χ2n) is 4.62. The van der Waals surface area contributed by atoms with Crippen molar-refractivity contribution in [2.75, 3.05) is 11.9 Å². The Morgan fingerprint density at radius 3 is 2.47 bits per heavy atom. The van der Waals surface area contributed by atoms with Crippen molar-refractivity contribution >= 4 is 34.9 Å². The third kappa shape index (κ3) is 3.51. The summed E-state index contributed by atoms with van der Waals surface area (Å²) in [6.07, 6.45) is 0. The maximum Gasteiger partial charge on any atom is 0.310 e. The zero-order chi connectivity index (χ0) is 13.2. The molecular weight excluding hydrogens is 261 g/mol. The Morgan fingerprint density at radius 1 is 1.35 bits per heavy atom. The summed E-state index contributed by atoms with van der Waals surface area (Å²) in [7, 11) is 0. The van der Waals surface area contributed by atoms with Crippen LogP contribution in [0.1, 0.15) is 19.4 Å². The summed E-state index contributed by atoms with van der Waals surface area (Å²) < 4.78 is 0. The molecule has 0 radical (unpaired) electrons. The molecule has 0 aliphatic rings. The predicted molar refractivity (Wildman–Crippen MR) is 71.1 cm³/mol. The summed E-state index contributed by atoms with van der Waals surface area (Å²) in [5, 5.41) is 13.1. The van der Waals surface area contributed by atoms with Crippen molar-refractivity contribution in [1.29, 1.82) is 0 Å². The van der Waals surface area contributed by atoms with E-state index in [2.05, 4.69) is 5.32 Å². The standard InChI is InChI=1S/C12H15Cl2NO2/c1-7-4-9(14)10(5-8(7)13)15-6-12(2,3)11(16)17/h4-5,15H,6H2,1-3H3,(H,16,17). The molecule has 1 aromatic carbocycles. The quantitative estimate of drug-likeness (QED) is 0.878. The lowest BCUT2D eigenvalue weighted by atomic mass is 9.94. The third-order valence-corrected chi connectivity index (χ3v) is 3.27. The molecule has 0 saturated carbocycles. The normalized spacial score (nSPS) is 11.4. The Bertz CT molecular complexity index is 444. The van der Waals surface area contributed by atoms with Crippen LogP contribution in [-0.2, 0) is 4.79 Å². The highest BCUT2D eigenvalue weighted by Crippen LogP contribution is 2.29. The molecule has 0 bridgehead atoms. The van der Waals surface area contributed by atoms with E-state index in [4.69, 9.17) is 28.3 Å². The summed E-state index contributed by atoms with van der Waals surface area (Å²) in [6, 6.07) is 3.46. The zero-order valence-corrected chi connectivity index (χ0v) is 11.5. The van der Waals surface area contributed by atoms with Crippen LogP contribution in [0.15, 0.2) is 12.1 Å². The number of halogens is 2. The van der Waals surface area contributed by atoms with E-state index in [1.54, 1.807) is 26.0 Å². The van der Waals surface area contributed by atoms with Crippen LogP contribution in [0.25, 0.3) is 0 Å². The smallest absolute Gasteiger partial charge is 0.310 e. The molecule has 94 valence electrons. The van der Waals surface area contributed by atoms with Crippen molar-refractivity contribution in [2.45, 2.75) is 20.8 Å². The van der Waals surface area contributed by atoms with E-state index >= 15 is 0 Å². The highest BCUT2D eigenvalue weighted by molar-refractivity contribution is 6.35. The zero-order valence-electron chi connectivity index (χ0n) is 9.97. The molecule has 0 amide bonds. The number of carboxylic acid groups (broad SMARTS) is 1. The Hall–Kier alpha value is -0.930. The van der Waals surface area contributed by atoms with Gasteiger partial charge in [0.05, 0.1) is 16.1 Å². The van der Waals surface area contributed by atoms with Crippen LogP contribution in [0, 0.1) is 12.3 Å². The Labute approximate surface area is 111 Å². The summed E-state index contributed by atoms with van der Waals surface area (Å²) in [5.74, 6) is -0.862. The number of carboxylic acids is 1. The number of carbonyl (C=O) groups is 1. The first-order chi connectivity index (χ1) is 7.74. The monoisotopic (exact) mass is 275 g/mol. The minimum absolute atomic E-state index is 0.279. The van der Waals surface area contributed by atoms with Crippen molar-refractivity contribution in [3.63, 3.8) is 0 Å². The number of anilines is 1. The van der Waals surface area contributed by atoms with Gasteiger partial charge in [-0.2, -0.15) is 0 Å². The minimum atomic E-state index is -0.862. The third-order valence-electron chi connectivity index (χ3n) is 2.55. The fourth-order valence-corrected chi connectivity index (χ4v) is 1.62. The Balaban J connectivity index is 2.83. The maximum absolute atomic E-state index is 10.9.